The van der Waals surface area contributed by atoms with Gasteiger partial charge in [-0.15, -0.1) is 0 Å². The van der Waals surface area contributed by atoms with Crippen molar-refractivity contribution in [2.24, 2.45) is 23.0 Å². The molecule has 2 N–H and O–H groups in total. The topological polar surface area (TPSA) is 97.4 Å². The largest absolute Gasteiger partial charge is 0.399 e. The molecule has 0 aliphatic heterocycles. The van der Waals surface area contributed by atoms with Crippen molar-refractivity contribution in [2.75, 3.05) is 0 Å². The molecule has 0 fully saturated rings. The van der Waals surface area contributed by atoms with Gasteiger partial charge in [0.05, 0.1) is 29.5 Å². The molecule has 0 radical (unpaired) electrons. The molecule has 5 heteroatoms. The predicted octanol–water partition coefficient (Wildman–Crippen LogP) is 4.18. The number of nitriles is 3. The van der Waals surface area contributed by atoms with Gasteiger partial charge in [0.15, 0.2) is 0 Å². The van der Waals surface area contributed by atoms with Gasteiger partial charge in [0.25, 0.3) is 0 Å². The highest BCUT2D eigenvalue weighted by Crippen LogP contribution is 2.56. The van der Waals surface area contributed by atoms with Crippen LogP contribution in [0, 0.1) is 51.2 Å². The van der Waals surface area contributed by atoms with Crippen molar-refractivity contribution < 1.29 is 0 Å². The van der Waals surface area contributed by atoms with Gasteiger partial charge in [-0.05, 0) is 41.9 Å². The van der Waals surface area contributed by atoms with E-state index in [-0.39, 0.29) is 23.1 Å². The zero-order valence-electron chi connectivity index (χ0n) is 13.8. The number of allylic oxidation sites excluding steroid dienone is 3. The molecule has 4 nitrogen and oxygen atoms in total. The second-order valence-electron chi connectivity index (χ2n) is 6.75. The molecule has 3 rings (SSSR count). The lowest BCUT2D eigenvalue weighted by Crippen LogP contribution is -2.41. The predicted molar refractivity (Wildman–Crippen MR) is 94.6 cm³/mol. The molecule has 0 heterocycles. The molecular formula is C20H17ClN4. The van der Waals surface area contributed by atoms with E-state index in [4.69, 9.17) is 17.3 Å². The van der Waals surface area contributed by atoms with Crippen LogP contribution in [0.5, 0.6) is 0 Å². The van der Waals surface area contributed by atoms with Crippen LogP contribution in [0.2, 0.25) is 5.02 Å². The number of benzene rings is 1. The van der Waals surface area contributed by atoms with E-state index in [0.717, 1.165) is 24.0 Å². The highest BCUT2D eigenvalue weighted by atomic mass is 35.5. The van der Waals surface area contributed by atoms with Gasteiger partial charge in [0.2, 0.25) is 5.41 Å². The molecule has 3 atom stereocenters. The molecule has 0 saturated carbocycles. The first kappa shape index (κ1) is 17.1. The van der Waals surface area contributed by atoms with Crippen LogP contribution < -0.4 is 5.73 Å². The molecule has 1 aromatic carbocycles. The Labute approximate surface area is 152 Å². The van der Waals surface area contributed by atoms with Crippen molar-refractivity contribution in [3.8, 4) is 18.2 Å². The van der Waals surface area contributed by atoms with Crippen LogP contribution in [-0.2, 0) is 0 Å². The van der Waals surface area contributed by atoms with Crippen LogP contribution in [0.15, 0.2) is 47.2 Å². The summed E-state index contributed by atoms with van der Waals surface area (Å²) in [5.41, 5.74) is 6.54. The summed E-state index contributed by atoms with van der Waals surface area (Å²) in [4.78, 5) is 0. The van der Waals surface area contributed by atoms with Crippen LogP contribution in [0.25, 0.3) is 0 Å². The maximum atomic E-state index is 9.79. The Bertz CT molecular complexity index is 893. The molecule has 0 amide bonds. The molecule has 0 saturated heterocycles. The lowest BCUT2D eigenvalue weighted by molar-refractivity contribution is 0.334. The van der Waals surface area contributed by atoms with Gasteiger partial charge in [-0.3, -0.25) is 0 Å². The molecule has 124 valence electrons. The molecule has 0 bridgehead atoms. The van der Waals surface area contributed by atoms with E-state index in [1.54, 1.807) is 6.07 Å². The van der Waals surface area contributed by atoms with E-state index in [1.807, 2.05) is 24.3 Å². The summed E-state index contributed by atoms with van der Waals surface area (Å²) >= 11 is 6.41. The van der Waals surface area contributed by atoms with Gasteiger partial charge >= 0.3 is 0 Å². The van der Waals surface area contributed by atoms with Crippen LogP contribution in [0.3, 0.4) is 0 Å². The minimum absolute atomic E-state index is 0.0435. The third-order valence-electron chi connectivity index (χ3n) is 5.33. The minimum atomic E-state index is -1.56. The van der Waals surface area contributed by atoms with Gasteiger partial charge < -0.3 is 5.73 Å². The number of hydrogen-bond acceptors (Lipinski definition) is 4. The Morgan fingerprint density at radius 2 is 1.88 bits per heavy atom. The molecule has 2 aliphatic carbocycles. The second-order valence-corrected chi connectivity index (χ2v) is 7.16. The number of fused-ring (bicyclic) bond motifs is 1. The van der Waals surface area contributed by atoms with E-state index >= 15 is 0 Å². The standard InChI is InChI=1S/C20H17ClN4/c1-12-6-7-16-14(8-12)18(13-4-2-3-5-17(13)21)15(9-22)19(25)20(16,10-23)11-24/h2-5,7,12,14,18H,6,8,25H2,1H3/t12-,14+,18-/m0/s1. The van der Waals surface area contributed by atoms with Crippen molar-refractivity contribution in [1.82, 2.24) is 0 Å². The smallest absolute Gasteiger partial charge is 0.204 e. The van der Waals surface area contributed by atoms with Crippen LogP contribution >= 0.6 is 11.6 Å². The number of nitrogens with zero attached hydrogens (tertiary/aromatic N) is 3. The normalized spacial score (nSPS) is 27.3. The van der Waals surface area contributed by atoms with E-state index in [0.29, 0.717) is 10.9 Å². The zero-order chi connectivity index (χ0) is 18.2. The highest BCUT2D eigenvalue weighted by Gasteiger charge is 2.52. The Kier molecular flexibility index (Phi) is 4.30. The van der Waals surface area contributed by atoms with Gasteiger partial charge in [0, 0.05) is 10.9 Å². The fourth-order valence-electron chi connectivity index (χ4n) is 4.11. The maximum Gasteiger partial charge on any atom is 0.204 e. The fourth-order valence-corrected chi connectivity index (χ4v) is 4.37. The van der Waals surface area contributed by atoms with E-state index < -0.39 is 5.41 Å². The first-order valence-corrected chi connectivity index (χ1v) is 8.55. The van der Waals surface area contributed by atoms with Crippen LogP contribution in [-0.4, -0.2) is 0 Å². The van der Waals surface area contributed by atoms with Gasteiger partial charge in [0.1, 0.15) is 0 Å². The van der Waals surface area contributed by atoms with Crippen molar-refractivity contribution in [3.63, 3.8) is 0 Å². The first-order valence-electron chi connectivity index (χ1n) is 8.17. The summed E-state index contributed by atoms with van der Waals surface area (Å²) in [5, 5.41) is 29.9. The Balaban J connectivity index is 2.35. The molecular weight excluding hydrogens is 332 g/mol. The van der Waals surface area contributed by atoms with Crippen molar-refractivity contribution in [3.05, 3.63) is 57.8 Å². The average molecular weight is 349 g/mol. The lowest BCUT2D eigenvalue weighted by atomic mass is 9.57. The molecule has 2 aliphatic rings. The lowest BCUT2D eigenvalue weighted by Gasteiger charge is -2.43. The SMILES string of the molecule is C[C@H]1CC=C2[C@@H](C1)[C@H](c1ccccc1Cl)C(C#N)=C(N)C2(C#N)C#N. The molecule has 0 aromatic heterocycles. The van der Waals surface area contributed by atoms with Crippen molar-refractivity contribution in [2.45, 2.75) is 25.7 Å². The summed E-state index contributed by atoms with van der Waals surface area (Å²) in [6.45, 7) is 2.13. The van der Waals surface area contributed by atoms with Crippen LogP contribution in [0.1, 0.15) is 31.2 Å². The Hall–Kier alpha value is -2.74. The molecule has 1 aromatic rings. The number of hydrogen-bond donors (Lipinski definition) is 1. The number of nitrogens with two attached hydrogens (primary N) is 1. The quantitative estimate of drug-likeness (QED) is 0.769. The van der Waals surface area contributed by atoms with E-state index in [9.17, 15) is 15.8 Å². The highest BCUT2D eigenvalue weighted by molar-refractivity contribution is 6.31. The Morgan fingerprint density at radius 1 is 1.20 bits per heavy atom. The molecule has 0 spiro atoms. The summed E-state index contributed by atoms with van der Waals surface area (Å²) in [7, 11) is 0. The summed E-state index contributed by atoms with van der Waals surface area (Å²) in [6.07, 6.45) is 3.54. The fraction of sp³-hybridized carbons (Fsp3) is 0.350. The third-order valence-corrected chi connectivity index (χ3v) is 5.68. The maximum absolute atomic E-state index is 9.79. The average Bonchev–Trinajstić information content (AvgIpc) is 2.62. The van der Waals surface area contributed by atoms with Gasteiger partial charge in [-0.25, -0.2) is 0 Å². The summed E-state index contributed by atoms with van der Waals surface area (Å²) < 4.78 is 0. The summed E-state index contributed by atoms with van der Waals surface area (Å²) in [5.74, 6) is -0.0690. The van der Waals surface area contributed by atoms with Gasteiger partial charge in [-0.2, -0.15) is 15.8 Å². The second kappa shape index (κ2) is 6.29. The first-order chi connectivity index (χ1) is 12.0. The van der Waals surface area contributed by atoms with E-state index in [2.05, 4.69) is 25.1 Å². The minimum Gasteiger partial charge on any atom is -0.399 e. The van der Waals surface area contributed by atoms with Crippen LogP contribution in [0.4, 0.5) is 0 Å². The Morgan fingerprint density at radius 3 is 2.48 bits per heavy atom. The van der Waals surface area contributed by atoms with Crippen molar-refractivity contribution >= 4 is 11.6 Å². The summed E-state index contributed by atoms with van der Waals surface area (Å²) in [6, 6.07) is 13.7. The number of halogens is 1. The monoisotopic (exact) mass is 348 g/mol. The van der Waals surface area contributed by atoms with E-state index in [1.165, 1.54) is 0 Å². The molecule has 25 heavy (non-hydrogen) atoms. The molecule has 0 unspecified atom stereocenters. The van der Waals surface area contributed by atoms with Crippen molar-refractivity contribution in [1.29, 1.82) is 15.8 Å². The van der Waals surface area contributed by atoms with Gasteiger partial charge in [-0.1, -0.05) is 42.8 Å². The number of rotatable bonds is 1. The third kappa shape index (κ3) is 2.41. The zero-order valence-corrected chi connectivity index (χ0v) is 14.6.